The summed E-state index contributed by atoms with van der Waals surface area (Å²) in [5, 5.41) is 0. The van der Waals surface area contributed by atoms with Crippen molar-refractivity contribution in [1.29, 1.82) is 0 Å². The van der Waals surface area contributed by atoms with Gasteiger partial charge in [0.2, 0.25) is 0 Å². The first-order valence-electron chi connectivity index (χ1n) is 7.30. The van der Waals surface area contributed by atoms with Gasteiger partial charge in [0.25, 0.3) is 0 Å². The molecule has 112 valence electrons. The van der Waals surface area contributed by atoms with Crippen molar-refractivity contribution in [2.24, 2.45) is 0 Å². The number of nitrogens with zero attached hydrogens (tertiary/aromatic N) is 2. The lowest BCUT2D eigenvalue weighted by Gasteiger charge is -2.20. The molecule has 0 amide bonds. The van der Waals surface area contributed by atoms with Crippen LogP contribution in [0.15, 0.2) is 42.5 Å². The molecule has 1 heterocycles. The van der Waals surface area contributed by atoms with Crippen LogP contribution in [0.2, 0.25) is 0 Å². The molecule has 4 nitrogen and oxygen atoms in total. The first kappa shape index (κ1) is 15.3. The number of rotatable bonds is 7. The average molecular weight is 285 g/mol. The quantitative estimate of drug-likeness (QED) is 0.795. The van der Waals surface area contributed by atoms with Gasteiger partial charge in [-0.05, 0) is 49.9 Å². The number of ether oxygens (including phenoxy) is 1. The topological polar surface area (TPSA) is 51.4 Å². The van der Waals surface area contributed by atoms with Crippen LogP contribution in [0.4, 0.5) is 5.69 Å². The fraction of sp³-hybridized carbons (Fsp3) is 0.353. The maximum absolute atomic E-state index is 5.74. The predicted octanol–water partition coefficient (Wildman–Crippen LogP) is 2.87. The molecule has 1 aromatic heterocycles. The second-order valence-electron chi connectivity index (χ2n) is 5.06. The Labute approximate surface area is 126 Å². The maximum Gasteiger partial charge on any atom is 0.119 e. The zero-order chi connectivity index (χ0) is 15.1. The first-order chi connectivity index (χ1) is 10.2. The van der Waals surface area contributed by atoms with E-state index in [9.17, 15) is 0 Å². The van der Waals surface area contributed by atoms with E-state index < -0.39 is 0 Å². The van der Waals surface area contributed by atoms with Crippen molar-refractivity contribution in [2.75, 3.05) is 25.4 Å². The van der Waals surface area contributed by atoms with Crippen LogP contribution in [-0.4, -0.2) is 29.6 Å². The third-order valence-electron chi connectivity index (χ3n) is 3.34. The highest BCUT2D eigenvalue weighted by Gasteiger charge is 2.05. The molecule has 21 heavy (non-hydrogen) atoms. The van der Waals surface area contributed by atoms with E-state index in [1.165, 1.54) is 0 Å². The van der Waals surface area contributed by atoms with Crippen molar-refractivity contribution in [3.63, 3.8) is 0 Å². The lowest BCUT2D eigenvalue weighted by molar-refractivity contribution is 0.208. The van der Waals surface area contributed by atoms with Crippen molar-refractivity contribution in [3.05, 3.63) is 53.9 Å². The smallest absolute Gasteiger partial charge is 0.119 e. The number of anilines is 1. The fourth-order valence-electron chi connectivity index (χ4n) is 2.12. The fourth-order valence-corrected chi connectivity index (χ4v) is 2.12. The molecule has 0 saturated carbocycles. The first-order valence-corrected chi connectivity index (χ1v) is 7.30. The van der Waals surface area contributed by atoms with Crippen molar-refractivity contribution < 1.29 is 4.74 Å². The Morgan fingerprint density at radius 3 is 2.57 bits per heavy atom. The van der Waals surface area contributed by atoms with Crippen molar-refractivity contribution in [1.82, 2.24) is 9.88 Å². The minimum atomic E-state index is 0.656. The lowest BCUT2D eigenvalue weighted by atomic mass is 10.3. The molecule has 0 spiro atoms. The van der Waals surface area contributed by atoms with Crippen LogP contribution in [0.1, 0.15) is 18.3 Å². The monoisotopic (exact) mass is 285 g/mol. The van der Waals surface area contributed by atoms with Gasteiger partial charge in [0, 0.05) is 24.5 Å². The average Bonchev–Trinajstić information content (AvgIpc) is 2.48. The van der Waals surface area contributed by atoms with Crippen molar-refractivity contribution in [3.8, 4) is 5.75 Å². The van der Waals surface area contributed by atoms with Gasteiger partial charge < -0.3 is 10.5 Å². The highest BCUT2D eigenvalue weighted by atomic mass is 16.5. The zero-order valence-corrected chi connectivity index (χ0v) is 12.7. The summed E-state index contributed by atoms with van der Waals surface area (Å²) in [4.78, 5) is 6.86. The van der Waals surface area contributed by atoms with E-state index in [-0.39, 0.29) is 0 Å². The summed E-state index contributed by atoms with van der Waals surface area (Å²) in [5.74, 6) is 0.855. The minimum absolute atomic E-state index is 0.656. The van der Waals surface area contributed by atoms with Gasteiger partial charge in [0.1, 0.15) is 12.4 Å². The van der Waals surface area contributed by atoms with Gasteiger partial charge in [-0.2, -0.15) is 0 Å². The van der Waals surface area contributed by atoms with Crippen molar-refractivity contribution in [2.45, 2.75) is 20.4 Å². The molecule has 0 aliphatic carbocycles. The second kappa shape index (κ2) is 7.64. The van der Waals surface area contributed by atoms with Gasteiger partial charge in [-0.3, -0.25) is 9.88 Å². The number of aryl methyl sites for hydroxylation is 1. The van der Waals surface area contributed by atoms with Crippen LogP contribution in [0.3, 0.4) is 0 Å². The summed E-state index contributed by atoms with van der Waals surface area (Å²) in [6.07, 6.45) is 0. The largest absolute Gasteiger partial charge is 0.492 e. The van der Waals surface area contributed by atoms with E-state index in [1.54, 1.807) is 0 Å². The van der Waals surface area contributed by atoms with Crippen LogP contribution < -0.4 is 10.5 Å². The maximum atomic E-state index is 5.74. The van der Waals surface area contributed by atoms with Crippen LogP contribution >= 0.6 is 0 Å². The Morgan fingerprint density at radius 2 is 1.90 bits per heavy atom. The summed E-state index contributed by atoms with van der Waals surface area (Å²) in [5.41, 5.74) is 8.56. The highest BCUT2D eigenvalue weighted by Crippen LogP contribution is 2.13. The van der Waals surface area contributed by atoms with Crippen LogP contribution in [0.25, 0.3) is 0 Å². The van der Waals surface area contributed by atoms with E-state index >= 15 is 0 Å². The number of benzene rings is 1. The number of nitrogens with two attached hydrogens (primary N) is 1. The number of aromatic nitrogens is 1. The number of likely N-dealkylation sites (N-methyl/N-ethyl adjacent to an activating group) is 1. The summed E-state index contributed by atoms with van der Waals surface area (Å²) in [6.45, 7) is 7.52. The van der Waals surface area contributed by atoms with Gasteiger partial charge in [0.05, 0.1) is 5.69 Å². The number of nitrogen functional groups attached to an aromatic ring is 1. The van der Waals surface area contributed by atoms with E-state index in [0.717, 1.165) is 42.5 Å². The minimum Gasteiger partial charge on any atom is -0.492 e. The lowest BCUT2D eigenvalue weighted by Crippen LogP contribution is -2.28. The van der Waals surface area contributed by atoms with Gasteiger partial charge in [-0.1, -0.05) is 13.0 Å². The van der Waals surface area contributed by atoms with E-state index in [1.807, 2.05) is 37.3 Å². The zero-order valence-electron chi connectivity index (χ0n) is 12.7. The Bertz CT molecular complexity index is 554. The molecule has 0 aliphatic rings. The molecule has 0 fully saturated rings. The number of hydrogen-bond donors (Lipinski definition) is 1. The Balaban J connectivity index is 1.81. The second-order valence-corrected chi connectivity index (χ2v) is 5.06. The molecule has 0 saturated heterocycles. The molecule has 1 aromatic carbocycles. The highest BCUT2D eigenvalue weighted by molar-refractivity contribution is 5.41. The van der Waals surface area contributed by atoms with E-state index in [2.05, 4.69) is 28.9 Å². The molecule has 2 aromatic rings. The molecule has 0 radical (unpaired) electrons. The van der Waals surface area contributed by atoms with Gasteiger partial charge in [-0.25, -0.2) is 0 Å². The third-order valence-corrected chi connectivity index (χ3v) is 3.34. The molecule has 4 heteroatoms. The molecular weight excluding hydrogens is 262 g/mol. The summed E-state index contributed by atoms with van der Waals surface area (Å²) in [6, 6.07) is 13.6. The van der Waals surface area contributed by atoms with Crippen LogP contribution in [0.5, 0.6) is 5.75 Å². The molecule has 0 aliphatic heterocycles. The molecule has 0 bridgehead atoms. The summed E-state index contributed by atoms with van der Waals surface area (Å²) in [7, 11) is 0. The SMILES string of the molecule is CCN(CCOc1ccc(N)cc1)Cc1cccc(C)n1. The van der Waals surface area contributed by atoms with Crippen LogP contribution in [-0.2, 0) is 6.54 Å². The molecule has 2 N–H and O–H groups in total. The molecule has 0 unspecified atom stereocenters. The van der Waals surface area contributed by atoms with Crippen LogP contribution in [0, 0.1) is 6.92 Å². The van der Waals surface area contributed by atoms with Gasteiger partial charge >= 0.3 is 0 Å². The Morgan fingerprint density at radius 1 is 1.14 bits per heavy atom. The van der Waals surface area contributed by atoms with Gasteiger partial charge in [0.15, 0.2) is 0 Å². The number of hydrogen-bond acceptors (Lipinski definition) is 4. The van der Waals surface area contributed by atoms with E-state index in [0.29, 0.717) is 6.61 Å². The third kappa shape index (κ3) is 5.08. The standard InChI is InChI=1S/C17H23N3O/c1-3-20(13-16-6-4-5-14(2)19-16)11-12-21-17-9-7-15(18)8-10-17/h4-10H,3,11-13,18H2,1-2H3. The Hall–Kier alpha value is -2.07. The van der Waals surface area contributed by atoms with Crippen molar-refractivity contribution >= 4 is 5.69 Å². The summed E-state index contributed by atoms with van der Waals surface area (Å²) < 4.78 is 5.74. The predicted molar refractivity (Wildman–Crippen MR) is 86.3 cm³/mol. The molecule has 2 rings (SSSR count). The van der Waals surface area contributed by atoms with E-state index in [4.69, 9.17) is 10.5 Å². The van der Waals surface area contributed by atoms with Gasteiger partial charge in [-0.15, -0.1) is 0 Å². The Kier molecular flexibility index (Phi) is 5.58. The summed E-state index contributed by atoms with van der Waals surface area (Å²) >= 11 is 0. The molecule has 0 atom stereocenters. The number of pyridine rings is 1. The normalized spacial score (nSPS) is 10.8. The molecular formula is C17H23N3O.